The van der Waals surface area contributed by atoms with Crippen molar-refractivity contribution >= 4 is 0 Å². The maximum Gasteiger partial charge on any atom is 0.110 e. The van der Waals surface area contributed by atoms with Gasteiger partial charge < -0.3 is 9.84 Å². The van der Waals surface area contributed by atoms with Crippen LogP contribution in [0.4, 0.5) is 0 Å². The molecular formula is C15H24O2. The molecule has 0 aromatic carbocycles. The molecule has 2 nitrogen and oxygen atoms in total. The van der Waals surface area contributed by atoms with Crippen molar-refractivity contribution in [2.75, 3.05) is 0 Å². The van der Waals surface area contributed by atoms with Crippen LogP contribution in [0, 0.1) is 17.3 Å². The Bertz CT molecular complexity index is 373. The Balaban J connectivity index is 2.05. The van der Waals surface area contributed by atoms with Crippen molar-refractivity contribution < 1.29 is 9.84 Å². The van der Waals surface area contributed by atoms with Gasteiger partial charge in [0, 0.05) is 5.41 Å². The van der Waals surface area contributed by atoms with Crippen molar-refractivity contribution in [2.45, 2.75) is 64.8 Å². The minimum Gasteiger partial charge on any atom is -0.388 e. The molecule has 2 fully saturated rings. The van der Waals surface area contributed by atoms with Crippen molar-refractivity contribution in [3.05, 3.63) is 11.6 Å². The second-order valence-electron chi connectivity index (χ2n) is 6.77. The van der Waals surface area contributed by atoms with Crippen LogP contribution in [0.2, 0.25) is 0 Å². The van der Waals surface area contributed by atoms with Crippen LogP contribution in [0.3, 0.4) is 0 Å². The summed E-state index contributed by atoms with van der Waals surface area (Å²) in [5.74, 6) is 1.05. The van der Waals surface area contributed by atoms with E-state index in [0.717, 1.165) is 6.42 Å². The minimum atomic E-state index is -0.332. The average Bonchev–Trinajstić information content (AvgIpc) is 2.99. The Hall–Kier alpha value is -0.340. The molecule has 1 saturated heterocycles. The Morgan fingerprint density at radius 2 is 2.18 bits per heavy atom. The lowest BCUT2D eigenvalue weighted by atomic mass is 9.55. The molecule has 3 rings (SSSR count). The lowest BCUT2D eigenvalue weighted by molar-refractivity contribution is -0.0530. The third-order valence-electron chi connectivity index (χ3n) is 5.58. The number of aliphatic hydroxyl groups is 1. The van der Waals surface area contributed by atoms with Crippen molar-refractivity contribution in [1.29, 1.82) is 0 Å². The summed E-state index contributed by atoms with van der Waals surface area (Å²) >= 11 is 0. The van der Waals surface area contributed by atoms with Crippen LogP contribution in [-0.2, 0) is 4.74 Å². The fourth-order valence-corrected chi connectivity index (χ4v) is 4.36. The van der Waals surface area contributed by atoms with Crippen LogP contribution in [0.25, 0.3) is 0 Å². The highest BCUT2D eigenvalue weighted by molar-refractivity contribution is 5.37. The summed E-state index contributed by atoms with van der Waals surface area (Å²) in [6.07, 6.45) is 5.59. The molecule has 1 heterocycles. The zero-order valence-electron chi connectivity index (χ0n) is 11.4. The summed E-state index contributed by atoms with van der Waals surface area (Å²) in [7, 11) is 0. The topological polar surface area (TPSA) is 32.8 Å². The van der Waals surface area contributed by atoms with Crippen LogP contribution < -0.4 is 0 Å². The van der Waals surface area contributed by atoms with Gasteiger partial charge in [0.15, 0.2) is 0 Å². The van der Waals surface area contributed by atoms with Crippen LogP contribution in [-0.4, -0.2) is 22.9 Å². The molecule has 5 unspecified atom stereocenters. The molecule has 0 bridgehead atoms. The normalized spacial score (nSPS) is 52.8. The van der Waals surface area contributed by atoms with Crippen molar-refractivity contribution in [3.63, 3.8) is 0 Å². The second-order valence-corrected chi connectivity index (χ2v) is 6.77. The molecule has 1 aliphatic heterocycles. The van der Waals surface area contributed by atoms with Gasteiger partial charge in [-0.2, -0.15) is 0 Å². The van der Waals surface area contributed by atoms with Crippen LogP contribution in [0.15, 0.2) is 11.6 Å². The molecule has 0 radical (unpaired) electrons. The van der Waals surface area contributed by atoms with E-state index in [4.69, 9.17) is 4.74 Å². The van der Waals surface area contributed by atoms with Gasteiger partial charge in [-0.05, 0) is 30.3 Å². The fraction of sp³-hybridized carbons (Fsp3) is 0.867. The summed E-state index contributed by atoms with van der Waals surface area (Å²) < 4.78 is 6.20. The first-order chi connectivity index (χ1) is 7.93. The summed E-state index contributed by atoms with van der Waals surface area (Å²) in [5.41, 5.74) is 1.20. The number of hydrogen-bond donors (Lipinski definition) is 1. The van der Waals surface area contributed by atoms with E-state index in [0.29, 0.717) is 11.8 Å². The molecule has 1 spiro atoms. The van der Waals surface area contributed by atoms with Gasteiger partial charge in [-0.15, -0.1) is 0 Å². The third-order valence-corrected chi connectivity index (χ3v) is 5.58. The van der Waals surface area contributed by atoms with Gasteiger partial charge >= 0.3 is 0 Å². The summed E-state index contributed by atoms with van der Waals surface area (Å²) in [5, 5.41) is 10.5. The largest absolute Gasteiger partial charge is 0.388 e. The molecule has 2 heteroatoms. The number of rotatable bonds is 1. The summed E-state index contributed by atoms with van der Waals surface area (Å²) in [6, 6.07) is 0. The molecule has 3 aliphatic rings. The van der Waals surface area contributed by atoms with Crippen molar-refractivity contribution in [1.82, 2.24) is 0 Å². The van der Waals surface area contributed by atoms with Gasteiger partial charge in [-0.25, -0.2) is 0 Å². The van der Waals surface area contributed by atoms with E-state index < -0.39 is 0 Å². The Morgan fingerprint density at radius 1 is 1.47 bits per heavy atom. The number of epoxide rings is 1. The Kier molecular flexibility index (Phi) is 2.32. The molecule has 17 heavy (non-hydrogen) atoms. The first-order valence-electron chi connectivity index (χ1n) is 7.01. The molecule has 1 saturated carbocycles. The highest BCUT2D eigenvalue weighted by Gasteiger charge is 2.74. The van der Waals surface area contributed by atoms with Gasteiger partial charge in [-0.3, -0.25) is 0 Å². The van der Waals surface area contributed by atoms with E-state index in [1.165, 1.54) is 18.4 Å². The van der Waals surface area contributed by atoms with Crippen molar-refractivity contribution in [2.24, 2.45) is 17.3 Å². The number of ether oxygens (including phenoxy) is 1. The van der Waals surface area contributed by atoms with E-state index in [1.807, 2.05) is 0 Å². The zero-order valence-corrected chi connectivity index (χ0v) is 11.4. The van der Waals surface area contributed by atoms with Crippen LogP contribution >= 0.6 is 0 Å². The monoisotopic (exact) mass is 236 g/mol. The molecule has 1 N–H and O–H groups in total. The zero-order chi connectivity index (χ0) is 12.4. The standard InChI is InChI=1S/C15H24O2/c1-9(2)11-8-12(16)14(4)7-5-6-10(3)15(14)13(11)17-15/h8-10,12-13,16H,5-7H2,1-4H3. The lowest BCUT2D eigenvalue weighted by Crippen LogP contribution is -2.54. The maximum atomic E-state index is 10.5. The predicted octanol–water partition coefficient (Wildman–Crippen LogP) is 2.91. The SMILES string of the molecule is CC(C)C1=CC(O)C2(C)CCCC(C)C23OC13. The molecule has 0 aromatic heterocycles. The first kappa shape index (κ1) is 11.7. The van der Waals surface area contributed by atoms with Gasteiger partial charge in [0.1, 0.15) is 11.7 Å². The number of aliphatic hydroxyl groups excluding tert-OH is 1. The lowest BCUT2D eigenvalue weighted by Gasteiger charge is -2.48. The third kappa shape index (κ3) is 1.23. The Morgan fingerprint density at radius 3 is 2.82 bits per heavy atom. The average molecular weight is 236 g/mol. The van der Waals surface area contributed by atoms with Gasteiger partial charge in [0.25, 0.3) is 0 Å². The summed E-state index contributed by atoms with van der Waals surface area (Å²) in [6.45, 7) is 8.92. The predicted molar refractivity (Wildman–Crippen MR) is 67.7 cm³/mol. The van der Waals surface area contributed by atoms with Gasteiger partial charge in [0.05, 0.1) is 6.10 Å². The van der Waals surface area contributed by atoms with E-state index in [-0.39, 0.29) is 23.2 Å². The second kappa shape index (κ2) is 3.36. The molecule has 96 valence electrons. The molecule has 2 aliphatic carbocycles. The molecule has 5 atom stereocenters. The highest BCUT2D eigenvalue weighted by atomic mass is 16.6. The van der Waals surface area contributed by atoms with Gasteiger partial charge in [0.2, 0.25) is 0 Å². The van der Waals surface area contributed by atoms with E-state index in [2.05, 4.69) is 33.8 Å². The highest BCUT2D eigenvalue weighted by Crippen LogP contribution is 2.67. The van der Waals surface area contributed by atoms with Gasteiger partial charge in [-0.1, -0.05) is 40.2 Å². The Labute approximate surface area is 104 Å². The minimum absolute atomic E-state index is 0.0565. The van der Waals surface area contributed by atoms with Crippen LogP contribution in [0.1, 0.15) is 47.0 Å². The fourth-order valence-electron chi connectivity index (χ4n) is 4.36. The molecular weight excluding hydrogens is 212 g/mol. The smallest absolute Gasteiger partial charge is 0.110 e. The number of hydrogen-bond acceptors (Lipinski definition) is 2. The first-order valence-corrected chi connectivity index (χ1v) is 7.01. The quantitative estimate of drug-likeness (QED) is 0.561. The van der Waals surface area contributed by atoms with Crippen LogP contribution in [0.5, 0.6) is 0 Å². The van der Waals surface area contributed by atoms with Crippen molar-refractivity contribution in [3.8, 4) is 0 Å². The molecule has 0 amide bonds. The summed E-state index contributed by atoms with van der Waals surface area (Å²) in [4.78, 5) is 0. The van der Waals surface area contributed by atoms with E-state index in [1.54, 1.807) is 0 Å². The molecule has 0 aromatic rings. The van der Waals surface area contributed by atoms with E-state index >= 15 is 0 Å². The maximum absolute atomic E-state index is 10.5. The van der Waals surface area contributed by atoms with E-state index in [9.17, 15) is 5.11 Å².